The van der Waals surface area contributed by atoms with E-state index in [0.29, 0.717) is 41.8 Å². The number of rotatable bonds is 5. The fraction of sp³-hybridized carbons (Fsp3) is 0.426. The second-order valence-electron chi connectivity index (χ2n) is 15.8. The van der Waals surface area contributed by atoms with Gasteiger partial charge in [-0.15, -0.1) is 0 Å². The van der Waals surface area contributed by atoms with Crippen LogP contribution < -0.4 is 0 Å². The van der Waals surface area contributed by atoms with Crippen LogP contribution in [0.15, 0.2) is 97.1 Å². The molecule has 2 saturated carbocycles. The van der Waals surface area contributed by atoms with Gasteiger partial charge in [0, 0.05) is 36.5 Å². The van der Waals surface area contributed by atoms with Gasteiger partial charge in [0.05, 0.1) is 12.7 Å². The highest BCUT2D eigenvalue weighted by atomic mass is 16.5. The Morgan fingerprint density at radius 3 is 1.65 bits per heavy atom. The molecule has 0 N–H and O–H groups in total. The predicted octanol–water partition coefficient (Wildman–Crippen LogP) is 9.84. The molecule has 4 atom stereocenters. The van der Waals surface area contributed by atoms with E-state index in [4.69, 9.17) is 4.74 Å². The molecule has 0 aliphatic heterocycles. The molecule has 4 aromatic rings. The van der Waals surface area contributed by atoms with Crippen molar-refractivity contribution in [1.82, 2.24) is 0 Å². The van der Waals surface area contributed by atoms with Gasteiger partial charge in [-0.25, -0.2) is 4.79 Å². The van der Waals surface area contributed by atoms with Crippen LogP contribution in [0.3, 0.4) is 0 Å². The topological polar surface area (TPSA) is 60.4 Å². The largest absolute Gasteiger partial charge is 0.465 e. The number of Topliss-reactive ketones (excluding diaryl/α,β-unsaturated/α-hetero) is 2. The lowest BCUT2D eigenvalue weighted by Gasteiger charge is -2.44. The monoisotopic (exact) mass is 680 g/mol. The summed E-state index contributed by atoms with van der Waals surface area (Å²) in [6.45, 7) is 2.19. The van der Waals surface area contributed by atoms with E-state index in [2.05, 4.69) is 85.8 Å². The Labute approximate surface area is 304 Å². The van der Waals surface area contributed by atoms with E-state index in [1.54, 1.807) is 0 Å². The van der Waals surface area contributed by atoms with Crippen LogP contribution in [0.5, 0.6) is 0 Å². The Balaban J connectivity index is 0.000000160. The van der Waals surface area contributed by atoms with Crippen molar-refractivity contribution >= 4 is 17.5 Å². The first-order valence-corrected chi connectivity index (χ1v) is 19.2. The molecule has 0 spiro atoms. The van der Waals surface area contributed by atoms with E-state index in [0.717, 1.165) is 64.2 Å². The average Bonchev–Trinajstić information content (AvgIpc) is 3.39. The fourth-order valence-electron chi connectivity index (χ4n) is 10.3. The summed E-state index contributed by atoms with van der Waals surface area (Å²) in [6.07, 6.45) is 13.5. The number of esters is 1. The van der Waals surface area contributed by atoms with Gasteiger partial charge in [0.1, 0.15) is 11.6 Å². The van der Waals surface area contributed by atoms with E-state index < -0.39 is 0 Å². The third-order valence-corrected chi connectivity index (χ3v) is 12.8. The summed E-state index contributed by atoms with van der Waals surface area (Å²) >= 11 is 0. The molecule has 0 aromatic heterocycles. The second kappa shape index (κ2) is 15.1. The van der Waals surface area contributed by atoms with Crippen LogP contribution in [0.1, 0.15) is 114 Å². The van der Waals surface area contributed by atoms with Crippen molar-refractivity contribution < 1.29 is 19.1 Å². The summed E-state index contributed by atoms with van der Waals surface area (Å²) in [5, 5.41) is 0. The summed E-state index contributed by atoms with van der Waals surface area (Å²) in [5.41, 5.74) is 10.5. The summed E-state index contributed by atoms with van der Waals surface area (Å²) in [6, 6.07) is 34.6. The van der Waals surface area contributed by atoms with E-state index in [1.165, 1.54) is 58.9 Å². The quantitative estimate of drug-likeness (QED) is 0.197. The van der Waals surface area contributed by atoms with Gasteiger partial charge in [-0.1, -0.05) is 90.5 Å². The van der Waals surface area contributed by atoms with Crippen molar-refractivity contribution in [2.75, 3.05) is 7.11 Å². The lowest BCUT2D eigenvalue weighted by Crippen LogP contribution is -2.42. The number of carbonyl (C=O) groups is 3. The molecule has 0 saturated heterocycles. The van der Waals surface area contributed by atoms with Gasteiger partial charge in [-0.3, -0.25) is 9.59 Å². The van der Waals surface area contributed by atoms with Crippen LogP contribution in [0.25, 0.3) is 0 Å². The minimum atomic E-state index is -0.283. The first-order valence-electron chi connectivity index (χ1n) is 19.2. The third-order valence-electron chi connectivity index (χ3n) is 12.8. The smallest absolute Gasteiger partial charge is 0.337 e. The first kappa shape index (κ1) is 35.1. The zero-order valence-corrected chi connectivity index (χ0v) is 30.4. The molecule has 0 bridgehead atoms. The van der Waals surface area contributed by atoms with Crippen molar-refractivity contribution in [3.05, 3.63) is 142 Å². The molecule has 264 valence electrons. The van der Waals surface area contributed by atoms with Gasteiger partial charge in [-0.2, -0.15) is 0 Å². The van der Waals surface area contributed by atoms with Crippen LogP contribution in [0.2, 0.25) is 0 Å². The van der Waals surface area contributed by atoms with Gasteiger partial charge >= 0.3 is 5.97 Å². The number of hydrogen-bond acceptors (Lipinski definition) is 4. The summed E-state index contributed by atoms with van der Waals surface area (Å²) in [5.74, 6) is 1.47. The van der Waals surface area contributed by atoms with Gasteiger partial charge in [-0.05, 0) is 128 Å². The van der Waals surface area contributed by atoms with E-state index >= 15 is 0 Å². The van der Waals surface area contributed by atoms with Crippen molar-refractivity contribution in [3.63, 3.8) is 0 Å². The van der Waals surface area contributed by atoms with Crippen LogP contribution in [0, 0.1) is 18.8 Å². The maximum Gasteiger partial charge on any atom is 0.337 e. The normalized spacial score (nSPS) is 25.4. The molecule has 2 fully saturated rings. The van der Waals surface area contributed by atoms with Crippen molar-refractivity contribution in [2.24, 2.45) is 11.8 Å². The number of carbonyl (C=O) groups excluding carboxylic acids is 3. The van der Waals surface area contributed by atoms with E-state index in [-0.39, 0.29) is 16.8 Å². The minimum absolute atomic E-state index is 0.0181. The number of methoxy groups -OCH3 is 1. The van der Waals surface area contributed by atoms with Crippen molar-refractivity contribution in [3.8, 4) is 0 Å². The summed E-state index contributed by atoms with van der Waals surface area (Å²) < 4.78 is 4.92. The van der Waals surface area contributed by atoms with E-state index in [9.17, 15) is 14.4 Å². The Hall–Kier alpha value is -4.31. The lowest BCUT2D eigenvalue weighted by atomic mass is 9.59. The van der Waals surface area contributed by atoms with Gasteiger partial charge < -0.3 is 4.74 Å². The highest BCUT2D eigenvalue weighted by molar-refractivity contribution is 5.89. The highest BCUT2D eigenvalue weighted by Crippen LogP contribution is 2.52. The zero-order chi connectivity index (χ0) is 35.4. The predicted molar refractivity (Wildman–Crippen MR) is 203 cm³/mol. The molecule has 4 aliphatic rings. The molecule has 4 nitrogen and oxygen atoms in total. The number of benzene rings is 4. The summed E-state index contributed by atoms with van der Waals surface area (Å²) in [4.78, 5) is 36.5. The SMILES string of the molecule is COC(=O)c1ccc2c(c1)CCC[C@H]1CC(=O)CC[C@@]21Cc1ccccc1.Cc1ccc2c(c1)CCC[C@H]1CC(=O)CC[C@@]21Cc1ccccc1. The van der Waals surface area contributed by atoms with Crippen LogP contribution >= 0.6 is 0 Å². The standard InChI is InChI=1S/C24H26O3.C23H26O/c1-27-23(26)19-10-11-22-18(14-19)8-5-9-20-15-21(25)12-13-24(20,22)16-17-6-3-2-4-7-17;1-17-10-11-22-19(14-17)8-5-9-20-15-21(24)12-13-23(20,22)16-18-6-3-2-4-7-18/h2-4,6-7,10-11,14,20H,5,8-9,12-13,15-16H2,1H3;2-4,6-7,10-11,14,20H,5,8-9,12-13,15-16H2,1H3/t20-,24-;20-,23-/m00/s1. The Morgan fingerprint density at radius 1 is 0.647 bits per heavy atom. The Morgan fingerprint density at radius 2 is 1.14 bits per heavy atom. The van der Waals surface area contributed by atoms with Crippen LogP contribution in [0.4, 0.5) is 0 Å². The molecule has 4 heteroatoms. The average molecular weight is 681 g/mol. The second-order valence-corrected chi connectivity index (χ2v) is 15.8. The van der Waals surface area contributed by atoms with Crippen molar-refractivity contribution in [2.45, 2.75) is 108 Å². The number of hydrogen-bond donors (Lipinski definition) is 0. The van der Waals surface area contributed by atoms with E-state index in [1.807, 2.05) is 18.2 Å². The molecule has 4 aromatic carbocycles. The van der Waals surface area contributed by atoms with Gasteiger partial charge in [0.15, 0.2) is 0 Å². The Bertz CT molecular complexity index is 1880. The molecule has 4 aliphatic carbocycles. The van der Waals surface area contributed by atoms with Gasteiger partial charge in [0.2, 0.25) is 0 Å². The molecular weight excluding hydrogens is 629 g/mol. The molecule has 51 heavy (non-hydrogen) atoms. The molecule has 8 rings (SSSR count). The lowest BCUT2D eigenvalue weighted by molar-refractivity contribution is -0.124. The molecular formula is C47H52O4. The summed E-state index contributed by atoms with van der Waals surface area (Å²) in [7, 11) is 1.42. The number of ketones is 2. The molecule has 0 unspecified atom stereocenters. The number of ether oxygens (including phenoxy) is 1. The highest BCUT2D eigenvalue weighted by Gasteiger charge is 2.47. The zero-order valence-electron chi connectivity index (χ0n) is 30.4. The minimum Gasteiger partial charge on any atom is -0.465 e. The Kier molecular flexibility index (Phi) is 10.4. The molecule has 0 radical (unpaired) electrons. The van der Waals surface area contributed by atoms with Crippen molar-refractivity contribution in [1.29, 1.82) is 0 Å². The van der Waals surface area contributed by atoms with Gasteiger partial charge in [0.25, 0.3) is 0 Å². The molecule has 0 amide bonds. The number of aryl methyl sites for hydroxylation is 3. The maximum absolute atomic E-state index is 12.3. The first-order chi connectivity index (χ1) is 24.8. The maximum atomic E-state index is 12.3. The molecule has 0 heterocycles. The van der Waals surface area contributed by atoms with Crippen LogP contribution in [-0.4, -0.2) is 24.6 Å². The number of fused-ring (bicyclic) bond motifs is 6. The van der Waals surface area contributed by atoms with Crippen LogP contribution in [-0.2, 0) is 50.8 Å². The fourth-order valence-corrected chi connectivity index (χ4v) is 10.3. The third kappa shape index (κ3) is 7.25.